The van der Waals surface area contributed by atoms with Gasteiger partial charge in [-0.25, -0.2) is 0 Å². The van der Waals surface area contributed by atoms with Crippen LogP contribution in [0.2, 0.25) is 0 Å². The van der Waals surface area contributed by atoms with Crippen LogP contribution in [0, 0.1) is 0 Å². The number of halogens is 2. The maximum absolute atomic E-state index is 5.21. The van der Waals surface area contributed by atoms with Gasteiger partial charge in [-0.1, -0.05) is 40.2 Å². The third-order valence-corrected chi connectivity index (χ3v) is 6.26. The number of rotatable bonds is 3. The first kappa shape index (κ1) is 14.1. The molecule has 0 fully saturated rings. The number of hydrogen-bond donors (Lipinski definition) is 0. The predicted molar refractivity (Wildman–Crippen MR) is 93.3 cm³/mol. The number of methoxy groups -OCH3 is 1. The fourth-order valence-corrected chi connectivity index (χ4v) is 4.70. The van der Waals surface area contributed by atoms with Crippen LogP contribution in [-0.4, -0.2) is 7.11 Å². The van der Waals surface area contributed by atoms with E-state index in [0.717, 1.165) is 10.2 Å². The van der Waals surface area contributed by atoms with Crippen molar-refractivity contribution in [3.63, 3.8) is 0 Å². The van der Waals surface area contributed by atoms with Gasteiger partial charge in [0.05, 0.1) is 11.9 Å². The van der Waals surface area contributed by atoms with Gasteiger partial charge in [0.25, 0.3) is 0 Å². The maximum Gasteiger partial charge on any atom is 0.118 e. The van der Waals surface area contributed by atoms with Gasteiger partial charge in [-0.2, -0.15) is 0 Å². The van der Waals surface area contributed by atoms with Gasteiger partial charge < -0.3 is 4.74 Å². The summed E-state index contributed by atoms with van der Waals surface area (Å²) in [4.78, 5) is 0.191. The molecule has 1 nitrogen and oxygen atoms in total. The van der Waals surface area contributed by atoms with Crippen LogP contribution in [-0.2, 0) is 0 Å². The summed E-state index contributed by atoms with van der Waals surface area (Å²) in [5, 5.41) is 3.51. The van der Waals surface area contributed by atoms with Crippen molar-refractivity contribution >= 4 is 53.3 Å². The van der Waals surface area contributed by atoms with Crippen molar-refractivity contribution in [2.24, 2.45) is 0 Å². The zero-order chi connectivity index (χ0) is 14.1. The average molecular weight is 412 g/mol. The first-order chi connectivity index (χ1) is 9.70. The molecule has 0 bridgehead atoms. The van der Waals surface area contributed by atoms with E-state index in [1.807, 2.05) is 12.1 Å². The number of benzene rings is 2. The Hall–Kier alpha value is -0.840. The molecule has 3 aromatic rings. The largest absolute Gasteiger partial charge is 0.497 e. The minimum atomic E-state index is 0.191. The first-order valence-electron chi connectivity index (χ1n) is 6.14. The summed E-state index contributed by atoms with van der Waals surface area (Å²) >= 11 is 9.20. The van der Waals surface area contributed by atoms with Crippen molar-refractivity contribution < 1.29 is 4.74 Å². The highest BCUT2D eigenvalue weighted by atomic mass is 79.9. The van der Waals surface area contributed by atoms with Crippen molar-refractivity contribution in [1.82, 2.24) is 0 Å². The van der Waals surface area contributed by atoms with Gasteiger partial charge in [-0.05, 0) is 56.0 Å². The van der Waals surface area contributed by atoms with Gasteiger partial charge in [-0.3, -0.25) is 0 Å². The topological polar surface area (TPSA) is 9.23 Å². The minimum absolute atomic E-state index is 0.191. The number of hydrogen-bond acceptors (Lipinski definition) is 2. The number of ether oxygens (including phenoxy) is 1. The molecule has 102 valence electrons. The summed E-state index contributed by atoms with van der Waals surface area (Å²) in [6.45, 7) is 0. The molecule has 0 aliphatic rings. The molecule has 0 aliphatic heterocycles. The van der Waals surface area contributed by atoms with E-state index in [0.29, 0.717) is 0 Å². The molecule has 0 radical (unpaired) electrons. The number of alkyl halides is 1. The molecule has 0 aliphatic carbocycles. The molecule has 0 N–H and O–H groups in total. The normalized spacial score (nSPS) is 12.6. The summed E-state index contributed by atoms with van der Waals surface area (Å²) in [7, 11) is 1.69. The molecular weight excluding hydrogens is 400 g/mol. The molecule has 0 spiro atoms. The molecule has 1 heterocycles. The first-order valence-corrected chi connectivity index (χ1v) is 8.73. The summed E-state index contributed by atoms with van der Waals surface area (Å²) < 4.78 is 7.65. The lowest BCUT2D eigenvalue weighted by Crippen LogP contribution is -1.92. The lowest BCUT2D eigenvalue weighted by atomic mass is 10.0. The third kappa shape index (κ3) is 2.52. The average Bonchev–Trinajstić information content (AvgIpc) is 2.92. The van der Waals surface area contributed by atoms with Crippen LogP contribution in [0.5, 0.6) is 5.75 Å². The highest BCUT2D eigenvalue weighted by Gasteiger charge is 2.16. The Bertz CT molecular complexity index is 734. The summed E-state index contributed by atoms with van der Waals surface area (Å²) in [6, 6.07) is 14.5. The van der Waals surface area contributed by atoms with Crippen molar-refractivity contribution in [3.8, 4) is 5.75 Å². The number of thiophene rings is 1. The molecule has 1 aromatic heterocycles. The van der Waals surface area contributed by atoms with Crippen LogP contribution in [0.3, 0.4) is 0 Å². The van der Waals surface area contributed by atoms with E-state index < -0.39 is 0 Å². The van der Waals surface area contributed by atoms with E-state index in [4.69, 9.17) is 4.74 Å². The Kier molecular flexibility index (Phi) is 4.15. The zero-order valence-electron chi connectivity index (χ0n) is 10.8. The van der Waals surface area contributed by atoms with Gasteiger partial charge in [0.1, 0.15) is 5.75 Å². The van der Waals surface area contributed by atoms with E-state index in [1.54, 1.807) is 18.4 Å². The highest BCUT2D eigenvalue weighted by Crippen LogP contribution is 2.41. The molecule has 0 amide bonds. The SMILES string of the molecule is COc1ccc(C(Br)c2csc3c(Br)cccc23)cc1. The maximum atomic E-state index is 5.21. The summed E-state index contributed by atoms with van der Waals surface area (Å²) in [5.74, 6) is 0.881. The Morgan fingerprint density at radius 2 is 1.85 bits per heavy atom. The monoisotopic (exact) mass is 410 g/mol. The molecule has 2 aromatic carbocycles. The highest BCUT2D eigenvalue weighted by molar-refractivity contribution is 9.10. The van der Waals surface area contributed by atoms with E-state index in [1.165, 1.54) is 21.2 Å². The van der Waals surface area contributed by atoms with Crippen LogP contribution in [0.15, 0.2) is 52.3 Å². The van der Waals surface area contributed by atoms with Crippen molar-refractivity contribution in [2.75, 3.05) is 7.11 Å². The van der Waals surface area contributed by atoms with Crippen LogP contribution in [0.25, 0.3) is 10.1 Å². The van der Waals surface area contributed by atoms with Crippen molar-refractivity contribution in [1.29, 1.82) is 0 Å². The summed E-state index contributed by atoms with van der Waals surface area (Å²) in [5.41, 5.74) is 2.53. The standard InChI is InChI=1S/C16H12Br2OS/c1-19-11-7-5-10(6-8-11)15(18)13-9-20-16-12(13)3-2-4-14(16)17/h2-9,15H,1H3. The fourth-order valence-electron chi connectivity index (χ4n) is 2.19. The van der Waals surface area contributed by atoms with Crippen LogP contribution in [0.1, 0.15) is 16.0 Å². The van der Waals surface area contributed by atoms with Gasteiger partial charge in [0.2, 0.25) is 0 Å². The van der Waals surface area contributed by atoms with E-state index in [2.05, 4.69) is 67.6 Å². The molecular formula is C16H12Br2OS. The van der Waals surface area contributed by atoms with Crippen molar-refractivity contribution in [2.45, 2.75) is 4.83 Å². The van der Waals surface area contributed by atoms with Crippen molar-refractivity contribution in [3.05, 3.63) is 63.4 Å². The van der Waals surface area contributed by atoms with Gasteiger partial charge in [0.15, 0.2) is 0 Å². The Morgan fingerprint density at radius 3 is 2.55 bits per heavy atom. The number of fused-ring (bicyclic) bond motifs is 1. The van der Waals surface area contributed by atoms with E-state index in [9.17, 15) is 0 Å². The van der Waals surface area contributed by atoms with Crippen LogP contribution < -0.4 is 4.74 Å². The zero-order valence-corrected chi connectivity index (χ0v) is 14.8. The Balaban J connectivity index is 2.03. The summed E-state index contributed by atoms with van der Waals surface area (Å²) in [6.07, 6.45) is 0. The second kappa shape index (κ2) is 5.88. The van der Waals surface area contributed by atoms with Crippen LogP contribution in [0.4, 0.5) is 0 Å². The Labute approximate surface area is 138 Å². The predicted octanol–water partition coefficient (Wildman–Crippen LogP) is 6.16. The fraction of sp³-hybridized carbons (Fsp3) is 0.125. The van der Waals surface area contributed by atoms with Gasteiger partial charge in [-0.15, -0.1) is 11.3 Å². The molecule has 0 saturated heterocycles. The lowest BCUT2D eigenvalue weighted by Gasteiger charge is -2.10. The van der Waals surface area contributed by atoms with Crippen LogP contribution >= 0.6 is 43.2 Å². The van der Waals surface area contributed by atoms with E-state index >= 15 is 0 Å². The molecule has 0 saturated carbocycles. The second-order valence-electron chi connectivity index (χ2n) is 4.44. The lowest BCUT2D eigenvalue weighted by molar-refractivity contribution is 0.414. The molecule has 20 heavy (non-hydrogen) atoms. The molecule has 1 unspecified atom stereocenters. The van der Waals surface area contributed by atoms with E-state index in [-0.39, 0.29) is 4.83 Å². The molecule has 3 rings (SSSR count). The molecule has 4 heteroatoms. The van der Waals surface area contributed by atoms with Gasteiger partial charge in [0, 0.05) is 9.17 Å². The second-order valence-corrected chi connectivity index (χ2v) is 7.09. The van der Waals surface area contributed by atoms with Gasteiger partial charge >= 0.3 is 0 Å². The minimum Gasteiger partial charge on any atom is -0.497 e. The quantitative estimate of drug-likeness (QED) is 0.469. The third-order valence-electron chi connectivity index (χ3n) is 3.26. The molecule has 1 atom stereocenters. The Morgan fingerprint density at radius 1 is 1.10 bits per heavy atom. The smallest absolute Gasteiger partial charge is 0.118 e.